The fourth-order valence-electron chi connectivity index (χ4n) is 1.64. The zero-order chi connectivity index (χ0) is 15.3. The molecule has 7 heteroatoms. The Morgan fingerprint density at radius 2 is 2.05 bits per heavy atom. The molecule has 112 valence electrons. The highest BCUT2D eigenvalue weighted by molar-refractivity contribution is 6.31. The van der Waals surface area contributed by atoms with E-state index in [-0.39, 0.29) is 12.1 Å². The molecular formula is C13H16ClF3N2O. The predicted molar refractivity (Wildman–Crippen MR) is 73.2 cm³/mol. The first-order valence-corrected chi connectivity index (χ1v) is 6.48. The first-order valence-electron chi connectivity index (χ1n) is 6.10. The van der Waals surface area contributed by atoms with Gasteiger partial charge in [0.15, 0.2) is 0 Å². The summed E-state index contributed by atoms with van der Waals surface area (Å²) in [7, 11) is 1.34. The second-order valence-electron chi connectivity index (χ2n) is 4.31. The molecule has 1 amide bonds. The molecule has 0 aromatic heterocycles. The summed E-state index contributed by atoms with van der Waals surface area (Å²) >= 11 is 5.84. The van der Waals surface area contributed by atoms with E-state index in [0.29, 0.717) is 17.3 Å². The summed E-state index contributed by atoms with van der Waals surface area (Å²) in [4.78, 5) is 13.2. The number of nitrogens with zero attached hydrogens (tertiary/aromatic N) is 1. The highest BCUT2D eigenvalue weighted by Crippen LogP contribution is 2.23. The lowest BCUT2D eigenvalue weighted by molar-refractivity contribution is -0.136. The summed E-state index contributed by atoms with van der Waals surface area (Å²) in [5.41, 5.74) is 0.824. The maximum Gasteiger partial charge on any atom is 0.390 e. The molecule has 1 N–H and O–H groups in total. The number of amides is 1. The summed E-state index contributed by atoms with van der Waals surface area (Å²) < 4.78 is 36.5. The third-order valence-corrected chi connectivity index (χ3v) is 2.89. The molecule has 1 aromatic rings. The fraction of sp³-hybridized carbons (Fsp3) is 0.462. The summed E-state index contributed by atoms with van der Waals surface area (Å²) in [5, 5.41) is 3.34. The average Bonchev–Trinajstić information content (AvgIpc) is 2.36. The van der Waals surface area contributed by atoms with Gasteiger partial charge in [-0.25, -0.2) is 0 Å². The van der Waals surface area contributed by atoms with Crippen molar-refractivity contribution in [2.75, 3.05) is 25.5 Å². The molecule has 3 nitrogen and oxygen atoms in total. The number of benzene rings is 1. The van der Waals surface area contributed by atoms with E-state index in [1.807, 2.05) is 6.92 Å². The molecule has 0 unspecified atom stereocenters. The largest absolute Gasteiger partial charge is 0.390 e. The van der Waals surface area contributed by atoms with E-state index in [1.165, 1.54) is 13.1 Å². The van der Waals surface area contributed by atoms with Gasteiger partial charge < -0.3 is 10.2 Å². The molecule has 0 atom stereocenters. The Hall–Kier alpha value is -1.43. The number of alkyl halides is 3. The molecular weight excluding hydrogens is 293 g/mol. The van der Waals surface area contributed by atoms with Gasteiger partial charge in [0.1, 0.15) is 0 Å². The van der Waals surface area contributed by atoms with E-state index >= 15 is 0 Å². The van der Waals surface area contributed by atoms with E-state index in [1.54, 1.807) is 12.1 Å². The zero-order valence-electron chi connectivity index (χ0n) is 11.2. The number of hydrogen-bond acceptors (Lipinski definition) is 2. The van der Waals surface area contributed by atoms with Crippen LogP contribution in [-0.2, 0) is 0 Å². The van der Waals surface area contributed by atoms with Gasteiger partial charge in [0.05, 0.1) is 12.0 Å². The highest BCUT2D eigenvalue weighted by Gasteiger charge is 2.28. The molecule has 0 bridgehead atoms. The summed E-state index contributed by atoms with van der Waals surface area (Å²) in [6.07, 6.45) is -5.32. The highest BCUT2D eigenvalue weighted by atomic mass is 35.5. The molecule has 0 fully saturated rings. The lowest BCUT2D eigenvalue weighted by Gasteiger charge is -2.20. The van der Waals surface area contributed by atoms with Gasteiger partial charge in [-0.3, -0.25) is 4.79 Å². The van der Waals surface area contributed by atoms with Crippen LogP contribution in [0, 0.1) is 0 Å². The van der Waals surface area contributed by atoms with Gasteiger partial charge >= 0.3 is 6.18 Å². The van der Waals surface area contributed by atoms with Crippen LogP contribution in [0.25, 0.3) is 0 Å². The number of nitrogens with one attached hydrogen (secondary N) is 1. The van der Waals surface area contributed by atoms with Crippen molar-refractivity contribution in [3.8, 4) is 0 Å². The van der Waals surface area contributed by atoms with Crippen molar-refractivity contribution < 1.29 is 18.0 Å². The minimum atomic E-state index is -4.28. The van der Waals surface area contributed by atoms with Crippen LogP contribution in [0.5, 0.6) is 0 Å². The molecule has 0 radical (unpaired) electrons. The van der Waals surface area contributed by atoms with Gasteiger partial charge in [0.25, 0.3) is 5.91 Å². The van der Waals surface area contributed by atoms with E-state index in [9.17, 15) is 18.0 Å². The maximum absolute atomic E-state index is 12.2. The van der Waals surface area contributed by atoms with E-state index < -0.39 is 18.5 Å². The van der Waals surface area contributed by atoms with E-state index in [4.69, 9.17) is 11.6 Å². The van der Waals surface area contributed by atoms with Crippen molar-refractivity contribution in [2.45, 2.75) is 19.5 Å². The van der Waals surface area contributed by atoms with Crippen LogP contribution in [0.15, 0.2) is 18.2 Å². The lowest BCUT2D eigenvalue weighted by atomic mass is 10.1. The topological polar surface area (TPSA) is 32.3 Å². The SMILES string of the molecule is CCNc1ccc(Cl)cc1C(=O)N(C)CCC(F)(F)F. The number of rotatable bonds is 5. The van der Waals surface area contributed by atoms with Crippen LogP contribution in [0.4, 0.5) is 18.9 Å². The van der Waals surface area contributed by atoms with Crippen LogP contribution < -0.4 is 5.32 Å². The Bertz CT molecular complexity index is 477. The van der Waals surface area contributed by atoms with Crippen LogP contribution in [0.2, 0.25) is 5.02 Å². The molecule has 0 heterocycles. The molecule has 0 aliphatic heterocycles. The minimum absolute atomic E-state index is 0.268. The average molecular weight is 309 g/mol. The second kappa shape index (κ2) is 6.83. The number of halogens is 4. The fourth-order valence-corrected chi connectivity index (χ4v) is 1.81. The molecule has 1 rings (SSSR count). The molecule has 0 aliphatic rings. The van der Waals surface area contributed by atoms with Crippen molar-refractivity contribution in [1.29, 1.82) is 0 Å². The Morgan fingerprint density at radius 3 is 2.60 bits per heavy atom. The third kappa shape index (κ3) is 4.92. The molecule has 1 aromatic carbocycles. The van der Waals surface area contributed by atoms with Gasteiger partial charge in [-0.2, -0.15) is 13.2 Å². The first-order chi connectivity index (χ1) is 9.24. The standard InChI is InChI=1S/C13H16ClF3N2O/c1-3-18-11-5-4-9(14)8-10(11)12(20)19(2)7-6-13(15,16)17/h4-5,8,18H,3,6-7H2,1-2H3. The van der Waals surface area contributed by atoms with E-state index in [0.717, 1.165) is 4.90 Å². The lowest BCUT2D eigenvalue weighted by Crippen LogP contribution is -2.31. The van der Waals surface area contributed by atoms with Crippen LogP contribution in [0.1, 0.15) is 23.7 Å². The van der Waals surface area contributed by atoms with Crippen molar-refractivity contribution >= 4 is 23.2 Å². The quantitative estimate of drug-likeness (QED) is 0.897. The van der Waals surface area contributed by atoms with Gasteiger partial charge in [0.2, 0.25) is 0 Å². The second-order valence-corrected chi connectivity index (χ2v) is 4.75. The van der Waals surface area contributed by atoms with Crippen molar-refractivity contribution in [1.82, 2.24) is 4.90 Å². The van der Waals surface area contributed by atoms with Crippen molar-refractivity contribution in [3.05, 3.63) is 28.8 Å². The molecule has 0 spiro atoms. The number of anilines is 1. The molecule has 0 aliphatic carbocycles. The zero-order valence-corrected chi connectivity index (χ0v) is 12.0. The summed E-state index contributed by atoms with van der Waals surface area (Å²) in [6.45, 7) is 2.06. The van der Waals surface area contributed by atoms with Crippen LogP contribution in [-0.4, -0.2) is 37.1 Å². The maximum atomic E-state index is 12.2. The van der Waals surface area contributed by atoms with E-state index in [2.05, 4.69) is 5.32 Å². The normalized spacial score (nSPS) is 11.3. The van der Waals surface area contributed by atoms with Crippen LogP contribution >= 0.6 is 11.6 Å². The molecule has 20 heavy (non-hydrogen) atoms. The van der Waals surface area contributed by atoms with Gasteiger partial charge in [-0.15, -0.1) is 0 Å². The van der Waals surface area contributed by atoms with Crippen molar-refractivity contribution in [3.63, 3.8) is 0 Å². The Kier molecular flexibility index (Phi) is 5.68. The van der Waals surface area contributed by atoms with Gasteiger partial charge in [-0.1, -0.05) is 11.6 Å². The smallest absolute Gasteiger partial charge is 0.385 e. The summed E-state index contributed by atoms with van der Waals surface area (Å²) in [5.74, 6) is -0.493. The predicted octanol–water partition coefficient (Wildman–Crippen LogP) is 3.80. The first kappa shape index (κ1) is 16.6. The number of carbonyl (C=O) groups is 1. The molecule has 0 saturated heterocycles. The van der Waals surface area contributed by atoms with Crippen molar-refractivity contribution in [2.24, 2.45) is 0 Å². The minimum Gasteiger partial charge on any atom is -0.385 e. The van der Waals surface area contributed by atoms with Gasteiger partial charge in [-0.05, 0) is 25.1 Å². The third-order valence-electron chi connectivity index (χ3n) is 2.66. The Labute approximate surface area is 120 Å². The Balaban J connectivity index is 2.87. The monoisotopic (exact) mass is 308 g/mol. The summed E-state index contributed by atoms with van der Waals surface area (Å²) in [6, 6.07) is 4.70. The van der Waals surface area contributed by atoms with Crippen LogP contribution in [0.3, 0.4) is 0 Å². The number of carbonyl (C=O) groups excluding carboxylic acids is 1. The number of hydrogen-bond donors (Lipinski definition) is 1. The van der Waals surface area contributed by atoms with Gasteiger partial charge in [0, 0.05) is 30.8 Å². The molecule has 0 saturated carbocycles. The Morgan fingerprint density at radius 1 is 1.40 bits per heavy atom.